The van der Waals surface area contributed by atoms with Crippen molar-refractivity contribution in [1.29, 1.82) is 0 Å². The average Bonchev–Trinajstić information content (AvgIpc) is 3.32. The highest BCUT2D eigenvalue weighted by Crippen LogP contribution is 2.28. The summed E-state index contributed by atoms with van der Waals surface area (Å²) in [5.41, 5.74) is 1.59. The fourth-order valence-electron chi connectivity index (χ4n) is 5.76. The number of methoxy groups -OCH3 is 1. The number of aryl methyl sites for hydroxylation is 1. The Morgan fingerprint density at radius 3 is 2.54 bits per heavy atom. The van der Waals surface area contributed by atoms with Crippen molar-refractivity contribution >= 4 is 28.8 Å². The van der Waals surface area contributed by atoms with Crippen LogP contribution in [0.5, 0.6) is 0 Å². The van der Waals surface area contributed by atoms with Crippen LogP contribution in [0.1, 0.15) is 43.6 Å². The van der Waals surface area contributed by atoms with Gasteiger partial charge in [-0.15, -0.1) is 0 Å². The predicted molar refractivity (Wildman–Crippen MR) is 148 cm³/mol. The maximum atomic E-state index is 14.3. The van der Waals surface area contributed by atoms with E-state index in [1.165, 1.54) is 4.90 Å². The number of likely N-dealkylation sites (tertiary alicyclic amines) is 1. The van der Waals surface area contributed by atoms with E-state index >= 15 is 0 Å². The minimum Gasteiger partial charge on any atom is -0.465 e. The third-order valence-electron chi connectivity index (χ3n) is 7.64. The van der Waals surface area contributed by atoms with Gasteiger partial charge >= 0.3 is 6.09 Å². The first-order valence-corrected chi connectivity index (χ1v) is 14.0. The summed E-state index contributed by atoms with van der Waals surface area (Å²) in [5.74, 6) is -0.512. The van der Waals surface area contributed by atoms with Crippen molar-refractivity contribution in [1.82, 2.24) is 19.3 Å². The average molecular weight is 543 g/mol. The van der Waals surface area contributed by atoms with Gasteiger partial charge in [0.1, 0.15) is 5.69 Å². The van der Waals surface area contributed by atoms with Crippen molar-refractivity contribution in [3.05, 3.63) is 36.0 Å². The van der Waals surface area contributed by atoms with Crippen LogP contribution in [0.25, 0.3) is 10.9 Å². The highest BCUT2D eigenvalue weighted by Gasteiger charge is 2.40. The van der Waals surface area contributed by atoms with Crippen LogP contribution in [0.15, 0.2) is 30.3 Å². The lowest BCUT2D eigenvalue weighted by Gasteiger charge is -2.43. The SMILES string of the molecule is COCCCCn1c(C(=O)N(CC(C)C)[C@H]2C[C@@H](C(=O)N3CCOCC3)CN(C(=O)O)C2)cc2ccccc21. The molecule has 3 amide bonds. The number of benzene rings is 1. The van der Waals surface area contributed by atoms with Crippen molar-refractivity contribution < 1.29 is 29.0 Å². The van der Waals surface area contributed by atoms with E-state index < -0.39 is 18.1 Å². The molecule has 10 heteroatoms. The van der Waals surface area contributed by atoms with Crippen LogP contribution >= 0.6 is 0 Å². The minimum absolute atomic E-state index is 0.0570. The molecule has 3 heterocycles. The van der Waals surface area contributed by atoms with Gasteiger partial charge < -0.3 is 33.8 Å². The largest absolute Gasteiger partial charge is 0.465 e. The first-order chi connectivity index (χ1) is 18.8. The molecule has 0 saturated carbocycles. The number of nitrogens with zero attached hydrogens (tertiary/aromatic N) is 4. The van der Waals surface area contributed by atoms with Crippen molar-refractivity contribution in [2.45, 2.75) is 45.7 Å². The number of hydrogen-bond acceptors (Lipinski definition) is 5. The summed E-state index contributed by atoms with van der Waals surface area (Å²) in [6, 6.07) is 9.51. The topological polar surface area (TPSA) is 105 Å². The highest BCUT2D eigenvalue weighted by atomic mass is 16.5. The Morgan fingerprint density at radius 1 is 1.10 bits per heavy atom. The summed E-state index contributed by atoms with van der Waals surface area (Å²) >= 11 is 0. The molecule has 1 aromatic carbocycles. The van der Waals surface area contributed by atoms with E-state index in [9.17, 15) is 19.5 Å². The summed E-state index contributed by atoms with van der Waals surface area (Å²) in [5, 5.41) is 10.9. The van der Waals surface area contributed by atoms with Gasteiger partial charge in [-0.25, -0.2) is 4.79 Å². The number of morpholine rings is 1. The zero-order valence-corrected chi connectivity index (χ0v) is 23.4. The fraction of sp³-hybridized carbons (Fsp3) is 0.621. The van der Waals surface area contributed by atoms with Gasteiger partial charge in [-0.3, -0.25) is 9.59 Å². The van der Waals surface area contributed by atoms with E-state index in [-0.39, 0.29) is 30.8 Å². The number of para-hydroxylation sites is 1. The lowest BCUT2D eigenvalue weighted by Crippen LogP contribution is -2.58. The Kier molecular flexibility index (Phi) is 9.85. The molecule has 1 N–H and O–H groups in total. The molecule has 214 valence electrons. The summed E-state index contributed by atoms with van der Waals surface area (Å²) in [6.07, 6.45) is 1.12. The molecular weight excluding hydrogens is 500 g/mol. The molecule has 10 nitrogen and oxygen atoms in total. The van der Waals surface area contributed by atoms with Gasteiger partial charge in [0.15, 0.2) is 0 Å². The first-order valence-electron chi connectivity index (χ1n) is 14.0. The summed E-state index contributed by atoms with van der Waals surface area (Å²) in [6.45, 7) is 8.22. The molecule has 2 aromatic rings. The number of amides is 3. The van der Waals surface area contributed by atoms with E-state index in [0.717, 1.165) is 23.7 Å². The maximum absolute atomic E-state index is 14.3. The standard InChI is InChI=1S/C29H42N4O6/c1-21(2)18-33(24-16-23(19-31(20-24)29(36)37)27(34)30-11-14-39-15-12-30)28(35)26-17-22-8-4-5-9-25(22)32(26)10-6-7-13-38-3/h4-5,8-9,17,21,23-24H,6-7,10-16,18-20H2,1-3H3,(H,36,37)/t23-,24+/m1/s1. The molecule has 0 spiro atoms. The number of rotatable bonds is 10. The smallest absolute Gasteiger partial charge is 0.407 e. The lowest BCUT2D eigenvalue weighted by atomic mass is 9.91. The van der Waals surface area contributed by atoms with Crippen LogP contribution < -0.4 is 0 Å². The monoisotopic (exact) mass is 542 g/mol. The molecule has 2 fully saturated rings. The molecule has 0 radical (unpaired) electrons. The Balaban J connectivity index is 1.64. The zero-order valence-electron chi connectivity index (χ0n) is 23.4. The molecule has 4 rings (SSSR count). The summed E-state index contributed by atoms with van der Waals surface area (Å²) in [7, 11) is 1.69. The van der Waals surface area contributed by atoms with Crippen molar-refractivity contribution in [3.8, 4) is 0 Å². The van der Waals surface area contributed by atoms with Crippen LogP contribution in [0.3, 0.4) is 0 Å². The molecule has 0 aliphatic carbocycles. The number of ether oxygens (including phenoxy) is 2. The maximum Gasteiger partial charge on any atom is 0.407 e. The third-order valence-corrected chi connectivity index (χ3v) is 7.64. The van der Waals surface area contributed by atoms with Gasteiger partial charge in [-0.1, -0.05) is 32.0 Å². The van der Waals surface area contributed by atoms with Gasteiger partial charge in [0, 0.05) is 63.9 Å². The fourth-order valence-corrected chi connectivity index (χ4v) is 5.76. The van der Waals surface area contributed by atoms with Gasteiger partial charge in [0.25, 0.3) is 5.91 Å². The second kappa shape index (κ2) is 13.3. The van der Waals surface area contributed by atoms with Crippen molar-refractivity contribution in [3.63, 3.8) is 0 Å². The van der Waals surface area contributed by atoms with Gasteiger partial charge in [-0.2, -0.15) is 0 Å². The summed E-state index contributed by atoms with van der Waals surface area (Å²) in [4.78, 5) is 44.8. The number of unbranched alkanes of at least 4 members (excludes halogenated alkanes) is 1. The number of carbonyl (C=O) groups excluding carboxylic acids is 2. The molecule has 1 aromatic heterocycles. The molecular formula is C29H42N4O6. The second-order valence-electron chi connectivity index (χ2n) is 11.0. The van der Waals surface area contributed by atoms with E-state index in [1.54, 1.807) is 12.0 Å². The molecule has 0 unspecified atom stereocenters. The Morgan fingerprint density at radius 2 is 1.85 bits per heavy atom. The quantitative estimate of drug-likeness (QED) is 0.462. The molecule has 39 heavy (non-hydrogen) atoms. The van der Waals surface area contributed by atoms with Crippen LogP contribution in [0.2, 0.25) is 0 Å². The van der Waals surface area contributed by atoms with Gasteiger partial charge in [0.2, 0.25) is 5.91 Å². The van der Waals surface area contributed by atoms with E-state index in [0.29, 0.717) is 58.1 Å². The number of carboxylic acid groups (broad SMARTS) is 1. The minimum atomic E-state index is -1.07. The number of aromatic nitrogens is 1. The third kappa shape index (κ3) is 6.91. The number of fused-ring (bicyclic) bond motifs is 1. The van der Waals surface area contributed by atoms with Gasteiger partial charge in [0.05, 0.1) is 25.2 Å². The number of piperidine rings is 1. The van der Waals surface area contributed by atoms with Crippen molar-refractivity contribution in [2.75, 3.05) is 59.7 Å². The van der Waals surface area contributed by atoms with E-state index in [1.807, 2.05) is 35.2 Å². The predicted octanol–water partition coefficient (Wildman–Crippen LogP) is 3.39. The second-order valence-corrected chi connectivity index (χ2v) is 11.0. The Bertz CT molecular complexity index is 1140. The molecule has 2 atom stereocenters. The molecule has 2 saturated heterocycles. The van der Waals surface area contributed by atoms with Crippen LogP contribution in [-0.4, -0.2) is 108 Å². The number of carbonyl (C=O) groups is 3. The van der Waals surface area contributed by atoms with Gasteiger partial charge in [-0.05, 0) is 37.3 Å². The zero-order chi connectivity index (χ0) is 27.9. The van der Waals surface area contributed by atoms with Crippen LogP contribution in [-0.2, 0) is 20.8 Å². The molecule has 0 bridgehead atoms. The van der Waals surface area contributed by atoms with Crippen LogP contribution in [0, 0.1) is 11.8 Å². The van der Waals surface area contributed by atoms with E-state index in [4.69, 9.17) is 9.47 Å². The van der Waals surface area contributed by atoms with Crippen molar-refractivity contribution in [2.24, 2.45) is 11.8 Å². The lowest BCUT2D eigenvalue weighted by molar-refractivity contribution is -0.142. The van der Waals surface area contributed by atoms with Crippen LogP contribution in [0.4, 0.5) is 4.79 Å². The summed E-state index contributed by atoms with van der Waals surface area (Å²) < 4.78 is 12.7. The molecule has 2 aliphatic rings. The number of hydrogen-bond donors (Lipinski definition) is 1. The normalized spacial score (nSPS) is 20.0. The first kappa shape index (κ1) is 28.9. The highest BCUT2D eigenvalue weighted by molar-refractivity contribution is 5.99. The van der Waals surface area contributed by atoms with E-state index in [2.05, 4.69) is 18.4 Å². The molecule has 2 aliphatic heterocycles. The Hall–Kier alpha value is -3.11. The Labute approximate surface area is 230 Å².